The molecule has 1 rings (SSSR count). The van der Waals surface area contributed by atoms with Crippen LogP contribution in [-0.2, 0) is 15.3 Å². The molecule has 0 aromatic heterocycles. The average molecular weight is 232 g/mol. The lowest BCUT2D eigenvalue weighted by Crippen LogP contribution is -2.07. The van der Waals surface area contributed by atoms with Gasteiger partial charge in [0, 0.05) is 5.16 Å². The second-order valence-electron chi connectivity index (χ2n) is 3.72. The minimum absolute atomic E-state index is 0.0736. The molecule has 0 spiro atoms. The summed E-state index contributed by atoms with van der Waals surface area (Å²) in [6.45, 7) is 4.00. The Bertz CT molecular complexity index is 414. The molecule has 1 N–H and O–H groups in total. The Balaban J connectivity index is 3.14. The second kappa shape index (κ2) is 3.61. The summed E-state index contributed by atoms with van der Waals surface area (Å²) in [7, 11) is -1.41. The molecule has 1 aromatic rings. The molecule has 0 radical (unpaired) electrons. The monoisotopic (exact) mass is 232 g/mol. The normalized spacial score (nSPS) is 12.9. The van der Waals surface area contributed by atoms with Crippen molar-refractivity contribution >= 4 is 19.4 Å². The molecule has 78 valence electrons. The van der Waals surface area contributed by atoms with Crippen LogP contribution in [0.5, 0.6) is 0 Å². The van der Waals surface area contributed by atoms with Crippen LogP contribution in [-0.4, -0.2) is 13.0 Å². The van der Waals surface area contributed by atoms with Crippen molar-refractivity contribution in [2.45, 2.75) is 23.9 Å². The molecule has 5 heteroatoms. The highest BCUT2D eigenvalue weighted by Crippen LogP contribution is 2.30. The molecule has 1 unspecified atom stereocenters. The molecule has 0 saturated heterocycles. The van der Waals surface area contributed by atoms with Gasteiger partial charge in [-0.1, -0.05) is 26.0 Å². The van der Waals surface area contributed by atoms with Gasteiger partial charge >= 0.3 is 0 Å². The van der Waals surface area contributed by atoms with E-state index >= 15 is 0 Å². The maximum absolute atomic E-state index is 10.7. The van der Waals surface area contributed by atoms with Crippen molar-refractivity contribution in [1.82, 2.24) is 0 Å². The first-order valence-corrected chi connectivity index (χ1v) is 6.10. The molecule has 0 amide bonds. The molecule has 1 aromatic carbocycles. The van der Waals surface area contributed by atoms with Gasteiger partial charge in [0.1, 0.15) is 0 Å². The van der Waals surface area contributed by atoms with Gasteiger partial charge in [0.05, 0.1) is 4.90 Å². The van der Waals surface area contributed by atoms with Crippen LogP contribution in [0.2, 0.25) is 0 Å². The third-order valence-corrected chi connectivity index (χ3v) is 3.10. The molecule has 0 aliphatic rings. The Labute approximate surface area is 86.5 Å². The standard InChI is InChI=1S/C9H13O3PS/c1-9(2,13)7-3-5-8(6-4-7)14(10,11)12/h3-6H,13H2,1-2H3,(H,10,11,12). The van der Waals surface area contributed by atoms with Gasteiger partial charge in [0.25, 0.3) is 10.1 Å². The van der Waals surface area contributed by atoms with Crippen molar-refractivity contribution in [2.75, 3.05) is 0 Å². The Hall–Kier alpha value is -0.440. The van der Waals surface area contributed by atoms with Crippen molar-refractivity contribution in [3.8, 4) is 0 Å². The number of hydrogen-bond acceptors (Lipinski definition) is 2. The largest absolute Gasteiger partial charge is 0.294 e. The molecule has 0 bridgehead atoms. The van der Waals surface area contributed by atoms with E-state index in [0.717, 1.165) is 5.56 Å². The third kappa shape index (κ3) is 2.77. The summed E-state index contributed by atoms with van der Waals surface area (Å²) < 4.78 is 30.2. The quantitative estimate of drug-likeness (QED) is 0.627. The maximum atomic E-state index is 10.7. The topological polar surface area (TPSA) is 54.4 Å². The van der Waals surface area contributed by atoms with E-state index in [0.29, 0.717) is 0 Å². The lowest BCUT2D eigenvalue weighted by Gasteiger charge is -2.18. The number of benzene rings is 1. The molecular weight excluding hydrogens is 219 g/mol. The van der Waals surface area contributed by atoms with E-state index in [4.69, 9.17) is 4.55 Å². The van der Waals surface area contributed by atoms with Crippen molar-refractivity contribution in [1.29, 1.82) is 0 Å². The minimum Gasteiger partial charge on any atom is -0.282 e. The van der Waals surface area contributed by atoms with E-state index < -0.39 is 10.1 Å². The number of rotatable bonds is 2. The fourth-order valence-electron chi connectivity index (χ4n) is 1.06. The summed E-state index contributed by atoms with van der Waals surface area (Å²) in [4.78, 5) is -0.0736. The fourth-order valence-corrected chi connectivity index (χ4v) is 1.73. The Kier molecular flexibility index (Phi) is 3.00. The molecule has 0 saturated carbocycles. The summed E-state index contributed by atoms with van der Waals surface area (Å²) in [5.41, 5.74) is 0.995. The molecule has 0 aliphatic heterocycles. The molecule has 0 aliphatic carbocycles. The van der Waals surface area contributed by atoms with E-state index in [1.165, 1.54) is 12.1 Å². The summed E-state index contributed by atoms with van der Waals surface area (Å²) in [5.74, 6) is 0. The van der Waals surface area contributed by atoms with Crippen LogP contribution in [0.15, 0.2) is 29.2 Å². The van der Waals surface area contributed by atoms with Crippen LogP contribution < -0.4 is 0 Å². The van der Waals surface area contributed by atoms with Crippen molar-refractivity contribution < 1.29 is 13.0 Å². The number of hydrogen-bond donors (Lipinski definition) is 1. The van der Waals surface area contributed by atoms with Crippen LogP contribution in [0.4, 0.5) is 0 Å². The summed E-state index contributed by atoms with van der Waals surface area (Å²) in [5, 5.41) is -0.0995. The highest BCUT2D eigenvalue weighted by atomic mass is 32.2. The molecule has 3 nitrogen and oxygen atoms in total. The zero-order chi connectivity index (χ0) is 11.0. The van der Waals surface area contributed by atoms with Gasteiger partial charge in [-0.15, -0.1) is 9.24 Å². The van der Waals surface area contributed by atoms with Gasteiger partial charge in [-0.2, -0.15) is 8.42 Å². The van der Waals surface area contributed by atoms with E-state index in [9.17, 15) is 8.42 Å². The van der Waals surface area contributed by atoms with Crippen molar-refractivity contribution in [3.05, 3.63) is 29.8 Å². The molecule has 14 heavy (non-hydrogen) atoms. The zero-order valence-corrected chi connectivity index (χ0v) is 10.0. The van der Waals surface area contributed by atoms with E-state index in [1.807, 2.05) is 13.8 Å². The second-order valence-corrected chi connectivity index (χ2v) is 6.59. The van der Waals surface area contributed by atoms with Crippen LogP contribution in [0.3, 0.4) is 0 Å². The van der Waals surface area contributed by atoms with Crippen LogP contribution in [0, 0.1) is 0 Å². The molecule has 0 fully saturated rings. The highest BCUT2D eigenvalue weighted by Gasteiger charge is 2.15. The third-order valence-electron chi connectivity index (χ3n) is 1.90. The van der Waals surface area contributed by atoms with E-state index in [-0.39, 0.29) is 10.1 Å². The van der Waals surface area contributed by atoms with Gasteiger partial charge < -0.3 is 0 Å². The van der Waals surface area contributed by atoms with Gasteiger partial charge in [-0.05, 0) is 17.7 Å². The first kappa shape index (κ1) is 11.6. The average Bonchev–Trinajstić information content (AvgIpc) is 2.01. The van der Waals surface area contributed by atoms with Crippen LogP contribution in [0.1, 0.15) is 19.4 Å². The van der Waals surface area contributed by atoms with Gasteiger partial charge in [-0.3, -0.25) is 4.55 Å². The van der Waals surface area contributed by atoms with E-state index in [1.54, 1.807) is 12.1 Å². The highest BCUT2D eigenvalue weighted by molar-refractivity contribution is 7.85. The SMILES string of the molecule is CC(C)(P)c1ccc(S(=O)(=O)O)cc1. The molecule has 0 heterocycles. The summed E-state index contributed by atoms with van der Waals surface area (Å²) >= 11 is 0. The predicted molar refractivity (Wildman–Crippen MR) is 59.0 cm³/mol. The summed E-state index contributed by atoms with van der Waals surface area (Å²) in [6.07, 6.45) is 0. The summed E-state index contributed by atoms with van der Waals surface area (Å²) in [6, 6.07) is 6.18. The predicted octanol–water partition coefficient (Wildman–Crippen LogP) is 2.04. The van der Waals surface area contributed by atoms with E-state index in [2.05, 4.69) is 9.24 Å². The first-order chi connectivity index (χ1) is 6.21. The molecule has 1 atom stereocenters. The van der Waals surface area contributed by atoms with Gasteiger partial charge in [-0.25, -0.2) is 0 Å². The van der Waals surface area contributed by atoms with Gasteiger partial charge in [0.15, 0.2) is 0 Å². The first-order valence-electron chi connectivity index (χ1n) is 4.08. The Morgan fingerprint density at radius 2 is 1.64 bits per heavy atom. The Morgan fingerprint density at radius 1 is 1.21 bits per heavy atom. The van der Waals surface area contributed by atoms with Gasteiger partial charge in [0.2, 0.25) is 0 Å². The zero-order valence-electron chi connectivity index (χ0n) is 8.06. The maximum Gasteiger partial charge on any atom is 0.294 e. The Morgan fingerprint density at radius 3 is 1.93 bits per heavy atom. The minimum atomic E-state index is -4.07. The smallest absolute Gasteiger partial charge is 0.282 e. The van der Waals surface area contributed by atoms with Crippen molar-refractivity contribution in [3.63, 3.8) is 0 Å². The van der Waals surface area contributed by atoms with Crippen molar-refractivity contribution in [2.24, 2.45) is 0 Å². The fraction of sp³-hybridized carbons (Fsp3) is 0.333. The lowest BCUT2D eigenvalue weighted by atomic mass is 10.0. The van der Waals surface area contributed by atoms with Crippen LogP contribution >= 0.6 is 9.24 Å². The molecular formula is C9H13O3PS. The lowest BCUT2D eigenvalue weighted by molar-refractivity contribution is 0.483. The van der Waals surface area contributed by atoms with Crippen LogP contribution in [0.25, 0.3) is 0 Å².